The second kappa shape index (κ2) is 8.09. The van der Waals surface area contributed by atoms with E-state index in [4.69, 9.17) is 16.7 Å². The fourth-order valence-corrected chi connectivity index (χ4v) is 5.68. The van der Waals surface area contributed by atoms with Gasteiger partial charge < -0.3 is 10.2 Å². The van der Waals surface area contributed by atoms with E-state index in [1.54, 1.807) is 0 Å². The van der Waals surface area contributed by atoms with Gasteiger partial charge in [-0.1, -0.05) is 41.9 Å². The summed E-state index contributed by atoms with van der Waals surface area (Å²) in [4.78, 5) is 19.8. The maximum Gasteiger partial charge on any atom is 0.318 e. The lowest BCUT2D eigenvalue weighted by molar-refractivity contribution is 0.194. The van der Waals surface area contributed by atoms with Gasteiger partial charge in [0.25, 0.3) is 0 Å². The van der Waals surface area contributed by atoms with E-state index in [2.05, 4.69) is 33.2 Å². The Morgan fingerprint density at radius 1 is 1.06 bits per heavy atom. The smallest absolute Gasteiger partial charge is 0.318 e. The lowest BCUT2D eigenvalue weighted by Gasteiger charge is -2.30. The van der Waals surface area contributed by atoms with E-state index in [1.807, 2.05) is 67.4 Å². The molecular formula is C28H28ClN5O. The fraction of sp³-hybridized carbons (Fsp3) is 0.321. The van der Waals surface area contributed by atoms with Crippen LogP contribution in [0.15, 0.2) is 66.9 Å². The Morgan fingerprint density at radius 2 is 1.83 bits per heavy atom. The van der Waals surface area contributed by atoms with Crippen LogP contribution in [0.25, 0.3) is 22.2 Å². The van der Waals surface area contributed by atoms with E-state index in [0.717, 1.165) is 53.7 Å². The summed E-state index contributed by atoms with van der Waals surface area (Å²) in [6, 6.07) is 20.1. The zero-order chi connectivity index (χ0) is 24.2. The number of hydrogen-bond donors (Lipinski definition) is 1. The predicted octanol–water partition coefficient (Wildman–Crippen LogP) is 5.74. The van der Waals surface area contributed by atoms with Crippen molar-refractivity contribution in [1.82, 2.24) is 25.0 Å². The molecule has 4 heterocycles. The van der Waals surface area contributed by atoms with Crippen LogP contribution in [0.4, 0.5) is 4.79 Å². The van der Waals surface area contributed by atoms with E-state index in [0.29, 0.717) is 11.6 Å². The maximum atomic E-state index is 13.3. The number of pyridine rings is 1. The molecule has 0 saturated carbocycles. The highest BCUT2D eigenvalue weighted by molar-refractivity contribution is 6.30. The highest BCUT2D eigenvalue weighted by atomic mass is 35.5. The number of carbonyl (C=O) groups excluding carboxylic acids is 1. The van der Waals surface area contributed by atoms with Crippen LogP contribution in [-0.2, 0) is 17.5 Å². The Hall–Kier alpha value is -3.38. The third-order valence-corrected chi connectivity index (χ3v) is 7.89. The standard InChI is InChI=1S/C28H28ClN5O/c1-27(2,21-7-9-22(29)10-8-21)31-26(35)33-13-11-28(18-33)12-14-34-25(28)16-24(32-34)20-15-19-5-3-4-6-23(19)30-17-20/h3-10,15-17H,11-14,18H2,1-2H3,(H,31,35). The summed E-state index contributed by atoms with van der Waals surface area (Å²) in [5.41, 5.74) is 4.67. The third-order valence-electron chi connectivity index (χ3n) is 7.64. The SMILES string of the molecule is CC(C)(NC(=O)N1CCC2(CCn3nc(-c4cnc5ccccc5c4)cc32)C1)c1ccc(Cl)cc1. The number of nitrogens with one attached hydrogen (secondary N) is 1. The van der Waals surface area contributed by atoms with Gasteiger partial charge in [0.15, 0.2) is 0 Å². The Labute approximate surface area is 209 Å². The Balaban J connectivity index is 1.21. The number of urea groups is 1. The van der Waals surface area contributed by atoms with Gasteiger partial charge in [-0.25, -0.2) is 4.79 Å². The van der Waals surface area contributed by atoms with Crippen molar-refractivity contribution in [2.75, 3.05) is 13.1 Å². The number of likely N-dealkylation sites (tertiary alicyclic amines) is 1. The molecule has 1 unspecified atom stereocenters. The highest BCUT2D eigenvalue weighted by Gasteiger charge is 2.47. The Kier molecular flexibility index (Phi) is 5.11. The predicted molar refractivity (Wildman–Crippen MR) is 138 cm³/mol. The molecule has 1 atom stereocenters. The van der Waals surface area contributed by atoms with Crippen molar-refractivity contribution in [3.8, 4) is 11.3 Å². The number of halogens is 1. The van der Waals surface area contributed by atoms with Crippen molar-refractivity contribution in [3.63, 3.8) is 0 Å². The van der Waals surface area contributed by atoms with Crippen LogP contribution in [0.1, 0.15) is 37.9 Å². The molecule has 35 heavy (non-hydrogen) atoms. The zero-order valence-electron chi connectivity index (χ0n) is 20.0. The van der Waals surface area contributed by atoms with Crippen LogP contribution in [-0.4, -0.2) is 38.8 Å². The molecule has 2 aliphatic heterocycles. The average Bonchev–Trinajstić information content (AvgIpc) is 3.56. The van der Waals surface area contributed by atoms with Crippen LogP contribution in [0.3, 0.4) is 0 Å². The lowest BCUT2D eigenvalue weighted by atomic mass is 9.82. The molecule has 6 rings (SSSR count). The minimum Gasteiger partial charge on any atom is -0.329 e. The van der Waals surface area contributed by atoms with Crippen LogP contribution in [0.5, 0.6) is 0 Å². The van der Waals surface area contributed by atoms with Gasteiger partial charge in [0.05, 0.1) is 16.7 Å². The van der Waals surface area contributed by atoms with Crippen LogP contribution in [0, 0.1) is 0 Å². The summed E-state index contributed by atoms with van der Waals surface area (Å²) in [5.74, 6) is 0. The minimum absolute atomic E-state index is 0.0289. The van der Waals surface area contributed by atoms with Crippen molar-refractivity contribution in [2.45, 2.75) is 44.2 Å². The summed E-state index contributed by atoms with van der Waals surface area (Å²) in [6.45, 7) is 6.36. The summed E-state index contributed by atoms with van der Waals surface area (Å²) >= 11 is 6.04. The third kappa shape index (κ3) is 3.86. The number of benzene rings is 2. The van der Waals surface area contributed by atoms with Gasteiger partial charge in [-0.05, 0) is 62.6 Å². The molecule has 1 saturated heterocycles. The quantitative estimate of drug-likeness (QED) is 0.402. The second-order valence-corrected chi connectivity index (χ2v) is 10.8. The number of hydrogen-bond acceptors (Lipinski definition) is 3. The fourth-order valence-electron chi connectivity index (χ4n) is 5.56. The molecule has 178 valence electrons. The van der Waals surface area contributed by atoms with E-state index < -0.39 is 5.54 Å². The summed E-state index contributed by atoms with van der Waals surface area (Å²) in [6.07, 6.45) is 3.86. The van der Waals surface area contributed by atoms with Gasteiger partial charge in [-0.2, -0.15) is 5.10 Å². The number of para-hydroxylation sites is 1. The number of carbonyl (C=O) groups is 1. The summed E-state index contributed by atoms with van der Waals surface area (Å²) in [5, 5.41) is 9.94. The number of aromatic nitrogens is 3. The normalized spacial score (nSPS) is 19.5. The molecule has 1 fully saturated rings. The molecule has 0 bridgehead atoms. The van der Waals surface area contributed by atoms with Gasteiger partial charge in [0.1, 0.15) is 0 Å². The molecule has 6 nitrogen and oxygen atoms in total. The molecule has 0 aliphatic carbocycles. The number of amides is 2. The summed E-state index contributed by atoms with van der Waals surface area (Å²) < 4.78 is 2.13. The largest absolute Gasteiger partial charge is 0.329 e. The zero-order valence-corrected chi connectivity index (χ0v) is 20.7. The van der Waals surface area contributed by atoms with E-state index in [-0.39, 0.29) is 11.4 Å². The van der Waals surface area contributed by atoms with Crippen LogP contribution < -0.4 is 5.32 Å². The van der Waals surface area contributed by atoms with Gasteiger partial charge in [0.2, 0.25) is 0 Å². The second-order valence-electron chi connectivity index (χ2n) is 10.3. The molecule has 2 aromatic heterocycles. The van der Waals surface area contributed by atoms with E-state index >= 15 is 0 Å². The van der Waals surface area contributed by atoms with Gasteiger partial charge in [-0.3, -0.25) is 9.67 Å². The topological polar surface area (TPSA) is 63.1 Å². The molecule has 2 aliphatic rings. The number of aryl methyl sites for hydroxylation is 1. The monoisotopic (exact) mass is 485 g/mol. The molecule has 2 aromatic carbocycles. The average molecular weight is 486 g/mol. The molecule has 1 N–H and O–H groups in total. The molecule has 4 aromatic rings. The van der Waals surface area contributed by atoms with Gasteiger partial charge >= 0.3 is 6.03 Å². The van der Waals surface area contributed by atoms with Crippen LogP contribution in [0.2, 0.25) is 5.02 Å². The van der Waals surface area contributed by atoms with Crippen molar-refractivity contribution in [1.29, 1.82) is 0 Å². The first-order chi connectivity index (χ1) is 16.8. The number of rotatable bonds is 3. The van der Waals surface area contributed by atoms with Crippen molar-refractivity contribution < 1.29 is 4.79 Å². The van der Waals surface area contributed by atoms with E-state index in [9.17, 15) is 4.79 Å². The van der Waals surface area contributed by atoms with Crippen molar-refractivity contribution >= 4 is 28.5 Å². The highest BCUT2D eigenvalue weighted by Crippen LogP contribution is 2.44. The first kappa shape index (κ1) is 22.1. The van der Waals surface area contributed by atoms with Crippen LogP contribution >= 0.6 is 11.6 Å². The number of fused-ring (bicyclic) bond motifs is 3. The molecule has 1 spiro atoms. The van der Waals surface area contributed by atoms with Gasteiger partial charge in [-0.15, -0.1) is 0 Å². The summed E-state index contributed by atoms with van der Waals surface area (Å²) in [7, 11) is 0. The Bertz CT molecular complexity index is 1430. The minimum atomic E-state index is -0.495. The first-order valence-electron chi connectivity index (χ1n) is 12.1. The first-order valence-corrected chi connectivity index (χ1v) is 12.5. The van der Waals surface area contributed by atoms with E-state index in [1.165, 1.54) is 5.69 Å². The van der Waals surface area contributed by atoms with Crippen molar-refractivity contribution in [3.05, 3.63) is 83.1 Å². The number of nitrogens with zero attached hydrogens (tertiary/aromatic N) is 4. The maximum absolute atomic E-state index is 13.3. The lowest BCUT2D eigenvalue weighted by Crippen LogP contribution is -2.48. The molecule has 7 heteroatoms. The molecule has 2 amide bonds. The molecule has 0 radical (unpaired) electrons. The van der Waals surface area contributed by atoms with Crippen molar-refractivity contribution in [2.24, 2.45) is 0 Å². The molecular weight excluding hydrogens is 458 g/mol. The Morgan fingerprint density at radius 3 is 2.66 bits per heavy atom. The van der Waals surface area contributed by atoms with Gasteiger partial charge in [0, 0.05) is 52.9 Å².